The van der Waals surface area contributed by atoms with E-state index in [0.29, 0.717) is 19.3 Å². The summed E-state index contributed by atoms with van der Waals surface area (Å²) in [7, 11) is -2.01. The normalized spacial score (nSPS) is 35.4. The number of ether oxygens (including phenoxy) is 2. The molecule has 5 nitrogen and oxygen atoms in total. The van der Waals surface area contributed by atoms with Crippen molar-refractivity contribution in [1.82, 2.24) is 0 Å². The Morgan fingerprint density at radius 3 is 2.61 bits per heavy atom. The predicted octanol–water partition coefficient (Wildman–Crippen LogP) is 7.23. The van der Waals surface area contributed by atoms with Crippen LogP contribution < -0.4 is 0 Å². The van der Waals surface area contributed by atoms with E-state index < -0.39 is 27.1 Å². The molecule has 1 saturated heterocycles. The lowest BCUT2D eigenvalue weighted by Crippen LogP contribution is -2.47. The van der Waals surface area contributed by atoms with Crippen molar-refractivity contribution in [3.8, 4) is 0 Å². The first-order valence-electron chi connectivity index (χ1n) is 15.4. The number of carbonyl (C=O) groups is 2. The number of carbonyl (C=O) groups excluding carboxylic acids is 2. The summed E-state index contributed by atoms with van der Waals surface area (Å²) in [5.74, 6) is -1.25. The van der Waals surface area contributed by atoms with Gasteiger partial charge in [-0.25, -0.2) is 0 Å². The quantitative estimate of drug-likeness (QED) is 0.249. The molecule has 8 atom stereocenters. The van der Waals surface area contributed by atoms with Crippen LogP contribution in [0.1, 0.15) is 91.0 Å². The lowest BCUT2D eigenvalue weighted by atomic mass is 9.65. The van der Waals surface area contributed by atoms with E-state index in [2.05, 4.69) is 65.9 Å². The second-order valence-corrected chi connectivity index (χ2v) is 17.6. The van der Waals surface area contributed by atoms with E-state index in [0.717, 1.165) is 18.4 Å². The minimum absolute atomic E-state index is 0.00201. The minimum atomic E-state index is -2.38. The van der Waals surface area contributed by atoms with E-state index in [-0.39, 0.29) is 59.4 Å². The molecule has 0 bridgehead atoms. The Balaban J connectivity index is 1.74. The molecule has 0 spiro atoms. The highest BCUT2D eigenvalue weighted by Gasteiger charge is 2.44. The zero-order valence-corrected chi connectivity index (χ0v) is 24.6. The standard InChI is InChI=1S/C30H50O5Si/c1-10-20(3)29(32)34-26-16-19(2)15-22-12-11-21(4)25(28(22)26)14-13-23-17-24(18-27(31)33-23)35-36(8,9)30(5,6)7/h11-12,15,19-21,23-26,28H,10,13-14,16-18H2,1-9H3/t19-,20-,21-,23+,24+,25-,26-,28-/m0/s1/i3D3. The molecule has 2 aliphatic carbocycles. The number of rotatable bonds is 8. The number of hydrogen-bond donors (Lipinski definition) is 0. The van der Waals surface area contributed by atoms with Crippen molar-refractivity contribution in [2.45, 2.75) is 123 Å². The molecule has 3 aliphatic rings. The van der Waals surface area contributed by atoms with Gasteiger partial charge >= 0.3 is 11.9 Å². The van der Waals surface area contributed by atoms with Crippen LogP contribution in [0.2, 0.25) is 18.1 Å². The highest BCUT2D eigenvalue weighted by atomic mass is 28.4. The Morgan fingerprint density at radius 2 is 1.97 bits per heavy atom. The van der Waals surface area contributed by atoms with Gasteiger partial charge < -0.3 is 13.9 Å². The van der Waals surface area contributed by atoms with Crippen LogP contribution in [-0.4, -0.2) is 38.6 Å². The molecular formula is C30H50O5Si. The Kier molecular flexibility index (Phi) is 7.99. The number of fused-ring (bicyclic) bond motifs is 1. The molecule has 1 aliphatic heterocycles. The van der Waals surface area contributed by atoms with Gasteiger partial charge in [0.1, 0.15) is 12.2 Å². The fraction of sp³-hybridized carbons (Fsp3) is 0.800. The number of cyclic esters (lactones) is 1. The molecular weight excluding hydrogens is 468 g/mol. The largest absolute Gasteiger partial charge is 0.462 e. The highest BCUT2D eigenvalue weighted by molar-refractivity contribution is 6.74. The summed E-state index contributed by atoms with van der Waals surface area (Å²) in [4.78, 5) is 25.6. The van der Waals surface area contributed by atoms with Crippen LogP contribution in [-0.2, 0) is 23.5 Å². The van der Waals surface area contributed by atoms with Gasteiger partial charge in [0, 0.05) is 16.5 Å². The number of allylic oxidation sites excluding steroid dienone is 3. The van der Waals surface area contributed by atoms with E-state index in [4.69, 9.17) is 18.0 Å². The smallest absolute Gasteiger partial charge is 0.308 e. The van der Waals surface area contributed by atoms with Crippen LogP contribution in [0.5, 0.6) is 0 Å². The molecule has 0 radical (unpaired) electrons. The summed E-state index contributed by atoms with van der Waals surface area (Å²) < 4.78 is 41.8. The van der Waals surface area contributed by atoms with Crippen molar-refractivity contribution in [3.05, 3.63) is 23.8 Å². The first-order valence-corrected chi connectivity index (χ1v) is 16.8. The zero-order chi connectivity index (χ0) is 29.3. The SMILES string of the molecule is [2H]C([2H])([2H])[C@@H](CC)C(=O)O[C@H]1C[C@@H](C)C=C2C=C[C@H](C)[C@H](CC[C@@H]3C[C@@H](O[Si](C)(C)C(C)(C)C)CC(=O)O3)[C@H]21. The molecule has 1 heterocycles. The molecule has 3 rings (SSSR count). The maximum atomic E-state index is 13.0. The fourth-order valence-electron chi connectivity index (χ4n) is 5.70. The minimum Gasteiger partial charge on any atom is -0.462 e. The monoisotopic (exact) mass is 521 g/mol. The topological polar surface area (TPSA) is 61.8 Å². The second-order valence-electron chi connectivity index (χ2n) is 12.9. The van der Waals surface area contributed by atoms with Crippen molar-refractivity contribution >= 4 is 20.3 Å². The van der Waals surface area contributed by atoms with Crippen LogP contribution in [0.3, 0.4) is 0 Å². The molecule has 0 saturated carbocycles. The van der Waals surface area contributed by atoms with E-state index >= 15 is 0 Å². The summed E-state index contributed by atoms with van der Waals surface area (Å²) in [6.07, 6.45) is 9.38. The Bertz CT molecular complexity index is 951. The zero-order valence-electron chi connectivity index (χ0n) is 26.6. The van der Waals surface area contributed by atoms with Gasteiger partial charge in [0.05, 0.1) is 18.4 Å². The van der Waals surface area contributed by atoms with Crippen molar-refractivity contribution < 1.29 is 27.6 Å². The summed E-state index contributed by atoms with van der Waals surface area (Å²) in [5.41, 5.74) is 1.16. The highest BCUT2D eigenvalue weighted by Crippen LogP contribution is 2.45. The third kappa shape index (κ3) is 6.92. The van der Waals surface area contributed by atoms with Gasteiger partial charge in [0.15, 0.2) is 8.32 Å². The fourth-order valence-corrected chi connectivity index (χ4v) is 7.07. The first kappa shape index (κ1) is 24.9. The average molecular weight is 522 g/mol. The summed E-state index contributed by atoms with van der Waals surface area (Å²) in [5, 5.41) is 0.0668. The van der Waals surface area contributed by atoms with Gasteiger partial charge in [-0.05, 0) is 67.1 Å². The van der Waals surface area contributed by atoms with Crippen LogP contribution in [0.4, 0.5) is 0 Å². The number of esters is 2. The van der Waals surface area contributed by atoms with Crippen molar-refractivity contribution in [1.29, 1.82) is 0 Å². The van der Waals surface area contributed by atoms with E-state index in [9.17, 15) is 9.59 Å². The molecule has 0 aromatic carbocycles. The van der Waals surface area contributed by atoms with E-state index in [1.165, 1.54) is 0 Å². The Morgan fingerprint density at radius 1 is 1.25 bits per heavy atom. The molecule has 0 amide bonds. The van der Waals surface area contributed by atoms with Gasteiger partial charge in [0.2, 0.25) is 0 Å². The third-order valence-corrected chi connectivity index (χ3v) is 13.4. The molecule has 0 aromatic rings. The van der Waals surface area contributed by atoms with Gasteiger partial charge in [-0.15, -0.1) is 0 Å². The second kappa shape index (κ2) is 11.5. The number of hydrogen-bond acceptors (Lipinski definition) is 5. The Labute approximate surface area is 224 Å². The molecule has 204 valence electrons. The van der Waals surface area contributed by atoms with E-state index in [1.807, 2.05) is 0 Å². The lowest BCUT2D eigenvalue weighted by Gasteiger charge is -2.44. The molecule has 36 heavy (non-hydrogen) atoms. The molecule has 6 heteroatoms. The predicted molar refractivity (Wildman–Crippen MR) is 147 cm³/mol. The first-order chi connectivity index (χ1) is 17.9. The van der Waals surface area contributed by atoms with Gasteiger partial charge in [-0.3, -0.25) is 9.59 Å². The van der Waals surface area contributed by atoms with Crippen LogP contribution in [0.25, 0.3) is 0 Å². The van der Waals surface area contributed by atoms with Crippen LogP contribution in [0, 0.1) is 29.6 Å². The third-order valence-electron chi connectivity index (χ3n) is 8.86. The average Bonchev–Trinajstić information content (AvgIpc) is 2.76. The summed E-state index contributed by atoms with van der Waals surface area (Å²) >= 11 is 0. The summed E-state index contributed by atoms with van der Waals surface area (Å²) in [6, 6.07) is 0. The van der Waals surface area contributed by atoms with Gasteiger partial charge in [-0.2, -0.15) is 0 Å². The van der Waals surface area contributed by atoms with Crippen LogP contribution in [0.15, 0.2) is 23.8 Å². The van der Waals surface area contributed by atoms with Crippen LogP contribution >= 0.6 is 0 Å². The lowest BCUT2D eigenvalue weighted by molar-refractivity contribution is -0.162. The van der Waals surface area contributed by atoms with E-state index in [1.54, 1.807) is 6.92 Å². The van der Waals surface area contributed by atoms with Crippen molar-refractivity contribution in [2.24, 2.45) is 29.6 Å². The molecule has 0 aromatic heterocycles. The summed E-state index contributed by atoms with van der Waals surface area (Å²) in [6.45, 7) is 14.7. The molecule has 0 unspecified atom stereocenters. The molecule has 1 fully saturated rings. The van der Waals surface area contributed by atoms with Crippen molar-refractivity contribution in [3.63, 3.8) is 0 Å². The maximum Gasteiger partial charge on any atom is 0.308 e. The molecule has 0 N–H and O–H groups in total. The van der Waals surface area contributed by atoms with Gasteiger partial charge in [-0.1, -0.05) is 66.6 Å². The Hall–Kier alpha value is -1.40. The maximum absolute atomic E-state index is 13.0. The van der Waals surface area contributed by atoms with Crippen molar-refractivity contribution in [2.75, 3.05) is 0 Å². The van der Waals surface area contributed by atoms with Gasteiger partial charge in [0.25, 0.3) is 0 Å².